The van der Waals surface area contributed by atoms with Gasteiger partial charge in [0.2, 0.25) is 0 Å². The van der Waals surface area contributed by atoms with Crippen molar-refractivity contribution in [2.75, 3.05) is 13.7 Å². The zero-order valence-electron chi connectivity index (χ0n) is 8.80. The molecule has 0 bridgehead atoms. The van der Waals surface area contributed by atoms with Crippen molar-refractivity contribution in [3.63, 3.8) is 0 Å². The highest BCUT2D eigenvalue weighted by atomic mass is 16.5. The van der Waals surface area contributed by atoms with Gasteiger partial charge in [-0.25, -0.2) is 0 Å². The van der Waals surface area contributed by atoms with Crippen molar-refractivity contribution in [1.82, 2.24) is 0 Å². The maximum absolute atomic E-state index is 5.53. The van der Waals surface area contributed by atoms with Gasteiger partial charge in [0.15, 0.2) is 0 Å². The number of hydrogen-bond donors (Lipinski definition) is 1. The average Bonchev–Trinajstić information content (AvgIpc) is 2.19. The molecule has 2 nitrogen and oxygen atoms in total. The lowest BCUT2D eigenvalue weighted by atomic mass is 9.85. The number of nitrogens with two attached hydrogens (primary N) is 1. The van der Waals surface area contributed by atoms with Gasteiger partial charge >= 0.3 is 0 Å². The van der Waals surface area contributed by atoms with Crippen LogP contribution in [0.25, 0.3) is 0 Å². The molecular formula is C11H23NO. The molecule has 1 aliphatic carbocycles. The molecule has 0 saturated heterocycles. The summed E-state index contributed by atoms with van der Waals surface area (Å²) in [4.78, 5) is 0. The molecule has 0 radical (unpaired) electrons. The van der Waals surface area contributed by atoms with Crippen molar-refractivity contribution in [2.24, 2.45) is 11.7 Å². The van der Waals surface area contributed by atoms with Crippen LogP contribution in [0.2, 0.25) is 0 Å². The second-order valence-electron chi connectivity index (χ2n) is 4.17. The van der Waals surface area contributed by atoms with E-state index in [1.165, 1.54) is 38.5 Å². The molecule has 0 aliphatic heterocycles. The van der Waals surface area contributed by atoms with Crippen LogP contribution in [0.4, 0.5) is 0 Å². The van der Waals surface area contributed by atoms with E-state index < -0.39 is 0 Å². The topological polar surface area (TPSA) is 35.2 Å². The van der Waals surface area contributed by atoms with Crippen LogP contribution in [0.3, 0.4) is 0 Å². The van der Waals surface area contributed by atoms with Crippen LogP contribution in [-0.4, -0.2) is 19.8 Å². The molecule has 0 aromatic heterocycles. The average molecular weight is 185 g/mol. The zero-order chi connectivity index (χ0) is 9.52. The van der Waals surface area contributed by atoms with Crippen molar-refractivity contribution in [3.05, 3.63) is 0 Å². The standard InChI is InChI=1S/C11H23NO/c1-13-11(7-8-12)9-10-5-3-2-4-6-10/h10-11H,2-9,12H2,1H3. The van der Waals surface area contributed by atoms with Crippen molar-refractivity contribution < 1.29 is 4.74 Å². The Morgan fingerprint density at radius 2 is 2.00 bits per heavy atom. The van der Waals surface area contributed by atoms with Crippen molar-refractivity contribution in [1.29, 1.82) is 0 Å². The Labute approximate surface area is 81.8 Å². The first-order valence-electron chi connectivity index (χ1n) is 5.59. The fourth-order valence-corrected chi connectivity index (χ4v) is 2.31. The van der Waals surface area contributed by atoms with Gasteiger partial charge in [-0.1, -0.05) is 32.1 Å². The van der Waals surface area contributed by atoms with E-state index in [0.717, 1.165) is 18.9 Å². The van der Waals surface area contributed by atoms with Crippen LogP contribution < -0.4 is 5.73 Å². The maximum Gasteiger partial charge on any atom is 0.0586 e. The van der Waals surface area contributed by atoms with Crippen LogP contribution in [-0.2, 0) is 4.74 Å². The highest BCUT2D eigenvalue weighted by molar-refractivity contribution is 4.70. The van der Waals surface area contributed by atoms with Gasteiger partial charge in [-0.2, -0.15) is 0 Å². The molecule has 0 aromatic carbocycles. The molecule has 0 aromatic rings. The Balaban J connectivity index is 2.18. The normalized spacial score (nSPS) is 21.7. The highest BCUT2D eigenvalue weighted by Gasteiger charge is 2.17. The molecular weight excluding hydrogens is 162 g/mol. The molecule has 1 rings (SSSR count). The zero-order valence-corrected chi connectivity index (χ0v) is 8.80. The van der Waals surface area contributed by atoms with Crippen LogP contribution in [0.15, 0.2) is 0 Å². The van der Waals surface area contributed by atoms with Gasteiger partial charge in [0.25, 0.3) is 0 Å². The van der Waals surface area contributed by atoms with E-state index in [-0.39, 0.29) is 0 Å². The predicted molar refractivity (Wildman–Crippen MR) is 55.7 cm³/mol. The van der Waals surface area contributed by atoms with Crippen LogP contribution in [0, 0.1) is 5.92 Å². The van der Waals surface area contributed by atoms with Crippen LogP contribution in [0.5, 0.6) is 0 Å². The second kappa shape index (κ2) is 6.39. The lowest BCUT2D eigenvalue weighted by Gasteiger charge is -2.25. The predicted octanol–water partition coefficient (Wildman–Crippen LogP) is 2.32. The molecule has 1 fully saturated rings. The summed E-state index contributed by atoms with van der Waals surface area (Å²) in [6, 6.07) is 0. The first-order chi connectivity index (χ1) is 6.36. The first kappa shape index (κ1) is 11.0. The maximum atomic E-state index is 5.53. The Hall–Kier alpha value is -0.0800. The summed E-state index contributed by atoms with van der Waals surface area (Å²) in [5, 5.41) is 0. The summed E-state index contributed by atoms with van der Waals surface area (Å²) in [7, 11) is 1.81. The lowest BCUT2D eigenvalue weighted by molar-refractivity contribution is 0.0689. The minimum Gasteiger partial charge on any atom is -0.381 e. The van der Waals surface area contributed by atoms with E-state index >= 15 is 0 Å². The number of hydrogen-bond acceptors (Lipinski definition) is 2. The first-order valence-corrected chi connectivity index (χ1v) is 5.59. The Bertz CT molecular complexity index is 119. The van der Waals surface area contributed by atoms with Crippen LogP contribution >= 0.6 is 0 Å². The smallest absolute Gasteiger partial charge is 0.0586 e. The summed E-state index contributed by atoms with van der Waals surface area (Å²) < 4.78 is 5.41. The summed E-state index contributed by atoms with van der Waals surface area (Å²) in [6.07, 6.45) is 9.75. The van der Waals surface area contributed by atoms with Crippen LogP contribution in [0.1, 0.15) is 44.9 Å². The number of ether oxygens (including phenoxy) is 1. The van der Waals surface area contributed by atoms with Gasteiger partial charge in [-0.3, -0.25) is 0 Å². The highest BCUT2D eigenvalue weighted by Crippen LogP contribution is 2.28. The Morgan fingerprint density at radius 1 is 1.31 bits per heavy atom. The summed E-state index contributed by atoms with van der Waals surface area (Å²) >= 11 is 0. The van der Waals surface area contributed by atoms with E-state index in [2.05, 4.69) is 0 Å². The fourth-order valence-electron chi connectivity index (χ4n) is 2.31. The van der Waals surface area contributed by atoms with Gasteiger partial charge < -0.3 is 10.5 Å². The fraction of sp³-hybridized carbons (Fsp3) is 1.00. The number of methoxy groups -OCH3 is 1. The third kappa shape index (κ3) is 4.10. The van der Waals surface area contributed by atoms with Gasteiger partial charge in [0, 0.05) is 7.11 Å². The molecule has 0 heterocycles. The third-order valence-electron chi connectivity index (χ3n) is 3.14. The second-order valence-corrected chi connectivity index (χ2v) is 4.17. The Morgan fingerprint density at radius 3 is 2.54 bits per heavy atom. The molecule has 1 atom stereocenters. The van der Waals surface area contributed by atoms with E-state index in [9.17, 15) is 0 Å². The SMILES string of the molecule is COC(CCN)CC1CCCCC1. The molecule has 78 valence electrons. The quantitative estimate of drug-likeness (QED) is 0.713. The molecule has 1 unspecified atom stereocenters. The largest absolute Gasteiger partial charge is 0.381 e. The van der Waals surface area contributed by atoms with Crippen molar-refractivity contribution >= 4 is 0 Å². The van der Waals surface area contributed by atoms with E-state index in [0.29, 0.717) is 6.10 Å². The molecule has 13 heavy (non-hydrogen) atoms. The molecule has 1 saturated carbocycles. The lowest BCUT2D eigenvalue weighted by Crippen LogP contribution is -2.21. The van der Waals surface area contributed by atoms with Gasteiger partial charge in [0.1, 0.15) is 0 Å². The summed E-state index contributed by atoms with van der Waals surface area (Å²) in [5.74, 6) is 0.908. The molecule has 2 N–H and O–H groups in total. The van der Waals surface area contributed by atoms with E-state index in [1.807, 2.05) is 7.11 Å². The van der Waals surface area contributed by atoms with Gasteiger partial charge in [-0.15, -0.1) is 0 Å². The molecule has 0 spiro atoms. The molecule has 1 aliphatic rings. The minimum absolute atomic E-state index is 0.410. The molecule has 0 amide bonds. The number of rotatable bonds is 5. The minimum atomic E-state index is 0.410. The van der Waals surface area contributed by atoms with Gasteiger partial charge in [-0.05, 0) is 25.3 Å². The van der Waals surface area contributed by atoms with Crippen molar-refractivity contribution in [2.45, 2.75) is 51.0 Å². The molecule has 2 heteroatoms. The van der Waals surface area contributed by atoms with Gasteiger partial charge in [0.05, 0.1) is 6.10 Å². The monoisotopic (exact) mass is 185 g/mol. The van der Waals surface area contributed by atoms with Crippen molar-refractivity contribution in [3.8, 4) is 0 Å². The summed E-state index contributed by atoms with van der Waals surface area (Å²) in [6.45, 7) is 0.755. The van der Waals surface area contributed by atoms with E-state index in [1.54, 1.807) is 0 Å². The third-order valence-corrected chi connectivity index (χ3v) is 3.14. The van der Waals surface area contributed by atoms with E-state index in [4.69, 9.17) is 10.5 Å². The Kier molecular flexibility index (Phi) is 5.40. The summed E-state index contributed by atoms with van der Waals surface area (Å²) in [5.41, 5.74) is 5.53.